The van der Waals surface area contributed by atoms with Crippen molar-refractivity contribution in [2.24, 2.45) is 11.3 Å². The summed E-state index contributed by atoms with van der Waals surface area (Å²) in [5, 5.41) is 9.06. The number of hydrogen-bond donors (Lipinski definition) is 3. The number of carboxylic acids is 1. The highest BCUT2D eigenvalue weighted by molar-refractivity contribution is 7.89. The number of nitrogens with one attached hydrogen (secondary N) is 2. The summed E-state index contributed by atoms with van der Waals surface area (Å²) in [6, 6.07) is 0. The molecule has 0 saturated heterocycles. The molecule has 1 aromatic rings. The van der Waals surface area contributed by atoms with Crippen LogP contribution in [0.1, 0.15) is 48.4 Å². The van der Waals surface area contributed by atoms with E-state index in [9.17, 15) is 13.2 Å². The molecule has 1 aliphatic rings. The van der Waals surface area contributed by atoms with Crippen LogP contribution in [0.2, 0.25) is 0 Å². The van der Waals surface area contributed by atoms with E-state index in [0.29, 0.717) is 18.2 Å². The summed E-state index contributed by atoms with van der Waals surface area (Å²) in [6.07, 6.45) is 2.05. The van der Waals surface area contributed by atoms with Crippen molar-refractivity contribution >= 4 is 16.0 Å². The molecule has 1 aliphatic carbocycles. The normalized spacial score (nSPS) is 17.2. The molecule has 2 rings (SSSR count). The third-order valence-electron chi connectivity index (χ3n) is 4.58. The van der Waals surface area contributed by atoms with E-state index in [-0.39, 0.29) is 21.6 Å². The zero-order chi connectivity index (χ0) is 16.0. The Morgan fingerprint density at radius 2 is 1.95 bits per heavy atom. The van der Waals surface area contributed by atoms with Crippen molar-refractivity contribution in [3.8, 4) is 0 Å². The summed E-state index contributed by atoms with van der Waals surface area (Å²) in [4.78, 5) is 13.8. The predicted molar refractivity (Wildman–Crippen MR) is 78.9 cm³/mol. The maximum atomic E-state index is 12.5. The SMILES string of the molecule is Cc1[nH]c(C(=O)O)c(C)c1S(=O)(=O)NCC1(C(C)C)CC1. The van der Waals surface area contributed by atoms with Gasteiger partial charge in [0.2, 0.25) is 10.0 Å². The first-order valence-corrected chi connectivity index (χ1v) is 8.51. The number of rotatable bonds is 6. The second-order valence-corrected chi connectivity index (χ2v) is 7.93. The number of carboxylic acid groups (broad SMARTS) is 1. The van der Waals surface area contributed by atoms with Gasteiger partial charge in [-0.2, -0.15) is 0 Å². The molecule has 0 unspecified atom stereocenters. The summed E-state index contributed by atoms with van der Waals surface area (Å²) in [7, 11) is -3.71. The molecule has 0 spiro atoms. The topological polar surface area (TPSA) is 99.3 Å². The number of aromatic carboxylic acids is 1. The van der Waals surface area contributed by atoms with Crippen LogP contribution in [-0.4, -0.2) is 31.0 Å². The van der Waals surface area contributed by atoms with Gasteiger partial charge in [-0.25, -0.2) is 17.9 Å². The molecule has 1 saturated carbocycles. The first-order chi connectivity index (χ1) is 9.61. The minimum Gasteiger partial charge on any atom is -0.477 e. The van der Waals surface area contributed by atoms with Crippen LogP contribution in [0.3, 0.4) is 0 Å². The number of aromatic nitrogens is 1. The van der Waals surface area contributed by atoms with Gasteiger partial charge < -0.3 is 10.1 Å². The molecule has 3 N–H and O–H groups in total. The maximum absolute atomic E-state index is 12.5. The van der Waals surface area contributed by atoms with Crippen LogP contribution in [0.15, 0.2) is 4.90 Å². The average Bonchev–Trinajstić information content (AvgIpc) is 3.08. The van der Waals surface area contributed by atoms with Gasteiger partial charge in [0.05, 0.1) is 0 Å². The van der Waals surface area contributed by atoms with Crippen molar-refractivity contribution in [2.45, 2.75) is 45.4 Å². The molecule has 0 atom stereocenters. The average molecular weight is 314 g/mol. The molecule has 0 aliphatic heterocycles. The van der Waals surface area contributed by atoms with Crippen LogP contribution < -0.4 is 4.72 Å². The fourth-order valence-corrected chi connectivity index (χ4v) is 4.36. The number of aryl methyl sites for hydroxylation is 1. The van der Waals surface area contributed by atoms with E-state index < -0.39 is 16.0 Å². The van der Waals surface area contributed by atoms with Gasteiger partial charge in [0.15, 0.2) is 0 Å². The summed E-state index contributed by atoms with van der Waals surface area (Å²) in [6.45, 7) is 7.67. The molecule has 1 fully saturated rings. The minimum absolute atomic E-state index is 0.0551. The summed E-state index contributed by atoms with van der Waals surface area (Å²) in [5.74, 6) is -0.735. The van der Waals surface area contributed by atoms with Crippen molar-refractivity contribution in [1.29, 1.82) is 0 Å². The zero-order valence-electron chi connectivity index (χ0n) is 12.8. The van der Waals surface area contributed by atoms with Crippen LogP contribution in [0.5, 0.6) is 0 Å². The highest BCUT2D eigenvalue weighted by Crippen LogP contribution is 2.51. The number of sulfonamides is 1. The quantitative estimate of drug-likeness (QED) is 0.748. The van der Waals surface area contributed by atoms with Gasteiger partial charge in [-0.3, -0.25) is 0 Å². The molecular formula is C14H22N2O4S. The molecule has 7 heteroatoms. The van der Waals surface area contributed by atoms with Crippen molar-refractivity contribution < 1.29 is 18.3 Å². The highest BCUT2D eigenvalue weighted by Gasteiger charge is 2.46. The van der Waals surface area contributed by atoms with E-state index in [4.69, 9.17) is 5.11 Å². The lowest BCUT2D eigenvalue weighted by atomic mass is 9.93. The Morgan fingerprint density at radius 3 is 2.33 bits per heavy atom. The fourth-order valence-electron chi connectivity index (χ4n) is 2.78. The van der Waals surface area contributed by atoms with Gasteiger partial charge >= 0.3 is 5.97 Å². The highest BCUT2D eigenvalue weighted by atomic mass is 32.2. The molecule has 6 nitrogen and oxygen atoms in total. The lowest BCUT2D eigenvalue weighted by Crippen LogP contribution is -2.33. The van der Waals surface area contributed by atoms with Crippen LogP contribution >= 0.6 is 0 Å². The molecule has 118 valence electrons. The molecule has 1 heterocycles. The van der Waals surface area contributed by atoms with Crippen molar-refractivity contribution in [3.05, 3.63) is 17.0 Å². The third kappa shape index (κ3) is 2.85. The van der Waals surface area contributed by atoms with E-state index >= 15 is 0 Å². The van der Waals surface area contributed by atoms with Crippen molar-refractivity contribution in [3.63, 3.8) is 0 Å². The molecule has 1 aromatic heterocycles. The number of hydrogen-bond acceptors (Lipinski definition) is 3. The Kier molecular flexibility index (Phi) is 3.92. The third-order valence-corrected chi connectivity index (χ3v) is 6.26. The smallest absolute Gasteiger partial charge is 0.352 e. The van der Waals surface area contributed by atoms with Crippen LogP contribution in [0.25, 0.3) is 0 Å². The summed E-state index contributed by atoms with van der Waals surface area (Å²) >= 11 is 0. The van der Waals surface area contributed by atoms with Gasteiger partial charge in [0.1, 0.15) is 10.6 Å². The summed E-state index contributed by atoms with van der Waals surface area (Å²) < 4.78 is 27.6. The number of aromatic amines is 1. The first-order valence-electron chi connectivity index (χ1n) is 7.03. The minimum atomic E-state index is -3.71. The van der Waals surface area contributed by atoms with Crippen LogP contribution in [-0.2, 0) is 10.0 Å². The van der Waals surface area contributed by atoms with Gasteiger partial charge in [0.25, 0.3) is 0 Å². The molecule has 0 amide bonds. The Balaban J connectivity index is 2.27. The number of H-pyrrole nitrogens is 1. The molecule has 0 radical (unpaired) electrons. The predicted octanol–water partition coefficient (Wildman–Crippen LogP) is 2.04. The van der Waals surface area contributed by atoms with Crippen molar-refractivity contribution in [1.82, 2.24) is 9.71 Å². The fraction of sp³-hybridized carbons (Fsp3) is 0.643. The monoisotopic (exact) mass is 314 g/mol. The van der Waals surface area contributed by atoms with E-state index in [0.717, 1.165) is 12.8 Å². The first kappa shape index (κ1) is 16.0. The Bertz CT molecular complexity index is 669. The molecule has 0 aromatic carbocycles. The molecule has 0 bridgehead atoms. The largest absolute Gasteiger partial charge is 0.477 e. The van der Waals surface area contributed by atoms with Crippen molar-refractivity contribution in [2.75, 3.05) is 6.54 Å². The van der Waals surface area contributed by atoms with Crippen LogP contribution in [0.4, 0.5) is 0 Å². The summed E-state index contributed by atoms with van der Waals surface area (Å²) in [5.41, 5.74) is 0.590. The molecule has 21 heavy (non-hydrogen) atoms. The Hall–Kier alpha value is -1.34. The van der Waals surface area contributed by atoms with E-state index in [1.54, 1.807) is 6.92 Å². The van der Waals surface area contributed by atoms with Gasteiger partial charge in [0, 0.05) is 17.8 Å². The standard InChI is InChI=1S/C14H22N2O4S/c1-8(2)14(5-6-14)7-15-21(19,20)12-9(3)11(13(17)18)16-10(12)4/h8,15-16H,5-7H2,1-4H3,(H,17,18). The van der Waals surface area contributed by atoms with Gasteiger partial charge in [-0.1, -0.05) is 13.8 Å². The second kappa shape index (κ2) is 5.14. The van der Waals surface area contributed by atoms with E-state index in [1.807, 2.05) is 0 Å². The Labute approximate surface area is 125 Å². The Morgan fingerprint density at radius 1 is 1.38 bits per heavy atom. The van der Waals surface area contributed by atoms with Gasteiger partial charge in [-0.15, -0.1) is 0 Å². The van der Waals surface area contributed by atoms with E-state index in [2.05, 4.69) is 23.6 Å². The van der Waals surface area contributed by atoms with E-state index in [1.165, 1.54) is 6.92 Å². The lowest BCUT2D eigenvalue weighted by molar-refractivity contribution is 0.0690. The zero-order valence-corrected chi connectivity index (χ0v) is 13.6. The molecular weight excluding hydrogens is 292 g/mol. The lowest BCUT2D eigenvalue weighted by Gasteiger charge is -2.20. The maximum Gasteiger partial charge on any atom is 0.352 e. The van der Waals surface area contributed by atoms with Gasteiger partial charge in [-0.05, 0) is 38.0 Å². The van der Waals surface area contributed by atoms with Crippen LogP contribution in [0, 0.1) is 25.2 Å². The number of carbonyl (C=O) groups is 1. The second-order valence-electron chi connectivity index (χ2n) is 6.23.